The van der Waals surface area contributed by atoms with Gasteiger partial charge in [-0.3, -0.25) is 0 Å². The van der Waals surface area contributed by atoms with E-state index in [0.29, 0.717) is 0 Å². The molecular weight excluding hydrogens is 913 g/mol. The van der Waals surface area contributed by atoms with E-state index in [1.807, 2.05) is 23.5 Å². The molecule has 0 unspecified atom stereocenters. The second-order valence-corrected chi connectivity index (χ2v) is 21.0. The van der Waals surface area contributed by atoms with Crippen molar-refractivity contribution in [3.8, 4) is 11.4 Å². The van der Waals surface area contributed by atoms with Crippen LogP contribution in [-0.4, -0.2) is 9.13 Å². The summed E-state index contributed by atoms with van der Waals surface area (Å²) in [6.07, 6.45) is 0. The average molecular weight is 953 g/mol. The zero-order valence-electron chi connectivity index (χ0n) is 38.7. The summed E-state index contributed by atoms with van der Waals surface area (Å²) >= 11 is 3.71. The Kier molecular flexibility index (Phi) is 8.58. The van der Waals surface area contributed by atoms with Gasteiger partial charge in [0.15, 0.2) is 0 Å². The second kappa shape index (κ2) is 15.4. The fourth-order valence-electron chi connectivity index (χ4n) is 11.9. The van der Waals surface area contributed by atoms with E-state index in [2.05, 4.69) is 262 Å². The Bertz CT molecular complexity index is 4220. The Labute approximate surface area is 423 Å². The van der Waals surface area contributed by atoms with E-state index in [9.17, 15) is 0 Å². The second-order valence-electron chi connectivity index (χ2n) is 18.9. The van der Waals surface area contributed by atoms with Gasteiger partial charge in [-0.2, -0.15) is 0 Å². The molecule has 0 saturated heterocycles. The van der Waals surface area contributed by atoms with Crippen molar-refractivity contribution in [2.75, 3.05) is 9.80 Å². The van der Waals surface area contributed by atoms with Crippen LogP contribution in [0.5, 0.6) is 0 Å². The Balaban J connectivity index is 0.878. The number of anilines is 6. The molecule has 6 heteroatoms. The zero-order valence-corrected chi connectivity index (χ0v) is 40.3. The van der Waals surface area contributed by atoms with Crippen molar-refractivity contribution >= 4 is 134 Å². The molecule has 14 aromatic rings. The fraction of sp³-hybridized carbons (Fsp3) is 0. The summed E-state index contributed by atoms with van der Waals surface area (Å²) in [6, 6.07) is 89.9. The van der Waals surface area contributed by atoms with E-state index in [0.717, 1.165) is 22.7 Å². The summed E-state index contributed by atoms with van der Waals surface area (Å²) in [7, 11) is 0. The fourth-order valence-corrected chi connectivity index (χ4v) is 14.1. The van der Waals surface area contributed by atoms with Gasteiger partial charge in [-0.25, -0.2) is 0 Å². The van der Waals surface area contributed by atoms with E-state index in [-0.39, 0.29) is 0 Å². The summed E-state index contributed by atoms with van der Waals surface area (Å²) in [5.74, 6) is 0. The van der Waals surface area contributed by atoms with Crippen molar-refractivity contribution in [3.63, 3.8) is 0 Å². The van der Waals surface area contributed by atoms with Gasteiger partial charge in [0.2, 0.25) is 0 Å². The molecule has 16 rings (SSSR count). The standard InChI is InChI=1S/C66H40N4S2/c1-2-16-46-45(15-1)47-33-29-41(69-59-25-11-13-27-63(59)71-65-39-43(31-35-61(65)69)67-55-21-7-3-17-49(55)50-18-4-8-22-56(50)67)37-53(47)54-38-42(30-34-48(46)54)70-60-26-12-14-28-64(60)72-66-40-44(32-36-62(66)70)68-57-23-9-5-19-51(57)52-20-6-10-24-58(52)68/h1-40H. The van der Waals surface area contributed by atoms with Crippen LogP contribution in [0, 0.1) is 0 Å². The Hall–Kier alpha value is -8.68. The van der Waals surface area contributed by atoms with Crippen molar-refractivity contribution in [3.05, 3.63) is 243 Å². The maximum atomic E-state index is 2.48. The topological polar surface area (TPSA) is 16.3 Å². The highest BCUT2D eigenvalue weighted by atomic mass is 32.2. The SMILES string of the molecule is c1ccc2c(c1)Sc1cc(-n3c4ccccc4c4ccccc43)ccc1N2c1ccc2c3ccccc3c3ccc(N4c5ccccc5Sc5cc(-n6c7ccccc7c7ccccc76)ccc54)cc3c2c1. The number of aromatic nitrogens is 2. The molecule has 12 aromatic carbocycles. The highest BCUT2D eigenvalue weighted by molar-refractivity contribution is 8.00. The molecule has 2 aliphatic rings. The summed E-state index contributed by atoms with van der Waals surface area (Å²) in [4.78, 5) is 9.86. The lowest BCUT2D eigenvalue weighted by atomic mass is 9.93. The number of benzene rings is 12. The molecule has 0 bridgehead atoms. The maximum Gasteiger partial charge on any atom is 0.0603 e. The van der Waals surface area contributed by atoms with Gasteiger partial charge in [0.05, 0.1) is 44.8 Å². The third-order valence-corrected chi connectivity index (χ3v) is 17.2. The zero-order chi connectivity index (χ0) is 47.0. The monoisotopic (exact) mass is 952 g/mol. The summed E-state index contributed by atoms with van der Waals surface area (Å²) in [6.45, 7) is 0. The van der Waals surface area contributed by atoms with Gasteiger partial charge in [0.25, 0.3) is 0 Å². The Morgan fingerprint density at radius 1 is 0.208 bits per heavy atom. The van der Waals surface area contributed by atoms with Crippen LogP contribution < -0.4 is 9.80 Å². The first kappa shape index (κ1) is 40.1. The van der Waals surface area contributed by atoms with Crippen LogP contribution in [0.15, 0.2) is 262 Å². The van der Waals surface area contributed by atoms with Crippen molar-refractivity contribution in [2.45, 2.75) is 19.6 Å². The molecule has 0 N–H and O–H groups in total. The molecule has 0 aliphatic carbocycles. The molecule has 0 fully saturated rings. The molecular formula is C66H40N4S2. The third kappa shape index (κ3) is 5.79. The first-order valence-electron chi connectivity index (χ1n) is 24.5. The van der Waals surface area contributed by atoms with E-state index < -0.39 is 0 Å². The number of nitrogens with zero attached hydrogens (tertiary/aromatic N) is 4. The number of rotatable bonds is 4. The Morgan fingerprint density at radius 2 is 0.514 bits per heavy atom. The van der Waals surface area contributed by atoms with Crippen LogP contribution in [0.1, 0.15) is 0 Å². The van der Waals surface area contributed by atoms with Crippen LogP contribution >= 0.6 is 23.5 Å². The highest BCUT2D eigenvalue weighted by Crippen LogP contribution is 2.55. The molecule has 2 aromatic heterocycles. The van der Waals surface area contributed by atoms with Crippen molar-refractivity contribution < 1.29 is 0 Å². The number of hydrogen-bond donors (Lipinski definition) is 0. The normalized spacial score (nSPS) is 13.1. The highest BCUT2D eigenvalue weighted by Gasteiger charge is 2.29. The smallest absolute Gasteiger partial charge is 0.0603 e. The Morgan fingerprint density at radius 3 is 0.917 bits per heavy atom. The lowest BCUT2D eigenvalue weighted by molar-refractivity contribution is 1.12. The van der Waals surface area contributed by atoms with E-state index in [1.54, 1.807) is 0 Å². The molecule has 0 radical (unpaired) electrons. The van der Waals surface area contributed by atoms with Gasteiger partial charge in [0, 0.05) is 63.9 Å². The van der Waals surface area contributed by atoms with Crippen LogP contribution in [0.3, 0.4) is 0 Å². The summed E-state index contributed by atoms with van der Waals surface area (Å²) < 4.78 is 4.84. The predicted octanol–water partition coefficient (Wildman–Crippen LogP) is 19.2. The van der Waals surface area contributed by atoms with Gasteiger partial charge >= 0.3 is 0 Å². The molecule has 336 valence electrons. The summed E-state index contributed by atoms with van der Waals surface area (Å²) in [5.41, 5.74) is 14.1. The number of fused-ring (bicyclic) bond motifs is 16. The summed E-state index contributed by atoms with van der Waals surface area (Å²) in [5, 5.41) is 12.5. The van der Waals surface area contributed by atoms with Crippen molar-refractivity contribution in [1.82, 2.24) is 9.13 Å². The molecule has 2 aliphatic heterocycles. The molecule has 0 spiro atoms. The third-order valence-electron chi connectivity index (χ3n) is 15.0. The number of para-hydroxylation sites is 6. The minimum Gasteiger partial charge on any atom is -0.309 e. The largest absolute Gasteiger partial charge is 0.309 e. The lowest BCUT2D eigenvalue weighted by Crippen LogP contribution is -2.15. The van der Waals surface area contributed by atoms with Gasteiger partial charge in [-0.1, -0.05) is 157 Å². The van der Waals surface area contributed by atoms with Crippen LogP contribution in [-0.2, 0) is 0 Å². The molecule has 72 heavy (non-hydrogen) atoms. The first-order chi connectivity index (χ1) is 35.7. The van der Waals surface area contributed by atoms with E-state index >= 15 is 0 Å². The minimum absolute atomic E-state index is 1.13. The quantitative estimate of drug-likeness (QED) is 0.163. The van der Waals surface area contributed by atoms with E-state index in [1.165, 1.54) is 118 Å². The molecule has 0 atom stereocenters. The van der Waals surface area contributed by atoms with Gasteiger partial charge < -0.3 is 18.9 Å². The molecule has 4 heterocycles. The average Bonchev–Trinajstić information content (AvgIpc) is 3.96. The van der Waals surface area contributed by atoms with Crippen LogP contribution in [0.25, 0.3) is 87.3 Å². The maximum absolute atomic E-state index is 2.48. The number of hydrogen-bond acceptors (Lipinski definition) is 4. The van der Waals surface area contributed by atoms with Crippen molar-refractivity contribution in [1.29, 1.82) is 0 Å². The van der Waals surface area contributed by atoms with Crippen molar-refractivity contribution in [2.24, 2.45) is 0 Å². The van der Waals surface area contributed by atoms with Crippen LogP contribution in [0.4, 0.5) is 34.1 Å². The van der Waals surface area contributed by atoms with Crippen LogP contribution in [0.2, 0.25) is 0 Å². The van der Waals surface area contributed by atoms with Gasteiger partial charge in [-0.15, -0.1) is 0 Å². The first-order valence-corrected chi connectivity index (χ1v) is 26.1. The molecule has 0 saturated carbocycles. The molecule has 4 nitrogen and oxygen atoms in total. The minimum atomic E-state index is 1.13. The predicted molar refractivity (Wildman–Crippen MR) is 305 cm³/mol. The lowest BCUT2D eigenvalue weighted by Gasteiger charge is -2.34. The van der Waals surface area contributed by atoms with Gasteiger partial charge in [0.1, 0.15) is 0 Å². The van der Waals surface area contributed by atoms with Gasteiger partial charge in [-0.05, 0) is 142 Å². The van der Waals surface area contributed by atoms with E-state index in [4.69, 9.17) is 0 Å². The molecule has 0 amide bonds.